The van der Waals surface area contributed by atoms with Gasteiger partial charge in [0.25, 0.3) is 5.91 Å². The smallest absolute Gasteiger partial charge is 0.253 e. The van der Waals surface area contributed by atoms with Crippen molar-refractivity contribution in [1.29, 1.82) is 0 Å². The van der Waals surface area contributed by atoms with Gasteiger partial charge in [-0.3, -0.25) is 24.7 Å². The third kappa shape index (κ3) is 2.71. The summed E-state index contributed by atoms with van der Waals surface area (Å²) < 4.78 is 0. The molecule has 3 amide bonds. The Morgan fingerprint density at radius 1 is 1.44 bits per heavy atom. The molecule has 0 aromatic carbocycles. The molecule has 1 aromatic rings. The monoisotopic (exact) mass is 247 g/mol. The molecule has 2 heterocycles. The van der Waals surface area contributed by atoms with E-state index in [1.807, 2.05) is 6.92 Å². The lowest BCUT2D eigenvalue weighted by atomic mass is 10.1. The molecule has 94 valence electrons. The zero-order chi connectivity index (χ0) is 13.1. The predicted octanol–water partition coefficient (Wildman–Crippen LogP) is -0.0750. The number of hydrogen-bond donors (Lipinski definition) is 2. The van der Waals surface area contributed by atoms with Gasteiger partial charge in [0.05, 0.1) is 5.56 Å². The van der Waals surface area contributed by atoms with E-state index in [-0.39, 0.29) is 18.2 Å². The number of amides is 3. The Labute approximate surface area is 104 Å². The molecule has 1 atom stereocenters. The van der Waals surface area contributed by atoms with Crippen LogP contribution >= 0.6 is 0 Å². The van der Waals surface area contributed by atoms with Crippen LogP contribution in [0.2, 0.25) is 0 Å². The van der Waals surface area contributed by atoms with E-state index in [1.165, 1.54) is 6.20 Å². The zero-order valence-electron chi connectivity index (χ0n) is 9.90. The fourth-order valence-corrected chi connectivity index (χ4v) is 1.67. The van der Waals surface area contributed by atoms with Gasteiger partial charge in [-0.15, -0.1) is 0 Å². The number of nitrogens with zero attached hydrogens (tertiary/aromatic N) is 1. The Morgan fingerprint density at radius 3 is 2.83 bits per heavy atom. The number of rotatable bonds is 2. The van der Waals surface area contributed by atoms with Crippen LogP contribution in [-0.4, -0.2) is 28.7 Å². The first-order valence-electron chi connectivity index (χ1n) is 5.63. The van der Waals surface area contributed by atoms with Crippen molar-refractivity contribution in [2.75, 3.05) is 0 Å². The number of imide groups is 1. The Hall–Kier alpha value is -2.24. The summed E-state index contributed by atoms with van der Waals surface area (Å²) in [6.45, 7) is 1.82. The molecule has 2 rings (SSSR count). The van der Waals surface area contributed by atoms with Gasteiger partial charge in [-0.25, -0.2) is 0 Å². The standard InChI is InChI=1S/C12H13N3O3/c1-7-2-3-8(6-13-7)11(17)14-9-4-5-10(16)15-12(9)18/h2-3,6,9H,4-5H2,1H3,(H,14,17)(H,15,16,18)/t9-/m1/s1. The van der Waals surface area contributed by atoms with E-state index in [0.29, 0.717) is 12.0 Å². The summed E-state index contributed by atoms with van der Waals surface area (Å²) in [5, 5.41) is 4.77. The number of nitrogens with one attached hydrogen (secondary N) is 2. The molecule has 1 aliphatic heterocycles. The minimum atomic E-state index is -0.656. The Bertz CT molecular complexity index is 496. The second-order valence-corrected chi connectivity index (χ2v) is 4.17. The average Bonchev–Trinajstić information content (AvgIpc) is 2.33. The Morgan fingerprint density at radius 2 is 2.22 bits per heavy atom. The lowest BCUT2D eigenvalue weighted by Gasteiger charge is -2.21. The lowest BCUT2D eigenvalue weighted by Crippen LogP contribution is -2.52. The van der Waals surface area contributed by atoms with Crippen molar-refractivity contribution in [3.63, 3.8) is 0 Å². The highest BCUT2D eigenvalue weighted by Gasteiger charge is 2.27. The number of aromatic nitrogens is 1. The van der Waals surface area contributed by atoms with Gasteiger partial charge >= 0.3 is 0 Å². The number of piperidine rings is 1. The van der Waals surface area contributed by atoms with Crippen molar-refractivity contribution < 1.29 is 14.4 Å². The van der Waals surface area contributed by atoms with Crippen molar-refractivity contribution in [2.45, 2.75) is 25.8 Å². The number of aryl methyl sites for hydroxylation is 1. The van der Waals surface area contributed by atoms with E-state index in [2.05, 4.69) is 15.6 Å². The average molecular weight is 247 g/mol. The van der Waals surface area contributed by atoms with E-state index < -0.39 is 11.9 Å². The summed E-state index contributed by atoms with van der Waals surface area (Å²) in [6, 6.07) is 2.71. The van der Waals surface area contributed by atoms with E-state index in [4.69, 9.17) is 0 Å². The molecule has 6 nitrogen and oxygen atoms in total. The van der Waals surface area contributed by atoms with Crippen LogP contribution in [0.5, 0.6) is 0 Å². The maximum atomic E-state index is 11.8. The number of pyridine rings is 1. The highest BCUT2D eigenvalue weighted by molar-refractivity contribution is 6.03. The van der Waals surface area contributed by atoms with Crippen LogP contribution in [0.25, 0.3) is 0 Å². The minimum absolute atomic E-state index is 0.239. The first kappa shape index (κ1) is 12.2. The maximum Gasteiger partial charge on any atom is 0.253 e. The fourth-order valence-electron chi connectivity index (χ4n) is 1.67. The molecule has 1 aliphatic rings. The summed E-state index contributed by atoms with van der Waals surface area (Å²) in [7, 11) is 0. The normalized spacial score (nSPS) is 19.3. The van der Waals surface area contributed by atoms with Crippen LogP contribution in [0, 0.1) is 6.92 Å². The van der Waals surface area contributed by atoms with Crippen LogP contribution in [0.1, 0.15) is 28.9 Å². The summed E-state index contributed by atoms with van der Waals surface area (Å²) in [4.78, 5) is 38.3. The van der Waals surface area contributed by atoms with Crippen molar-refractivity contribution in [3.05, 3.63) is 29.6 Å². The first-order chi connectivity index (χ1) is 8.56. The molecule has 0 radical (unpaired) electrons. The third-order valence-electron chi connectivity index (χ3n) is 2.72. The van der Waals surface area contributed by atoms with Gasteiger partial charge in [0.1, 0.15) is 6.04 Å². The Balaban J connectivity index is 2.01. The van der Waals surface area contributed by atoms with Crippen LogP contribution in [0.4, 0.5) is 0 Å². The highest BCUT2D eigenvalue weighted by Crippen LogP contribution is 2.06. The van der Waals surface area contributed by atoms with Gasteiger partial charge in [-0.05, 0) is 25.5 Å². The molecular formula is C12H13N3O3. The summed E-state index contributed by atoms with van der Waals surface area (Å²) in [5.74, 6) is -1.13. The van der Waals surface area contributed by atoms with Crippen molar-refractivity contribution >= 4 is 17.7 Å². The molecular weight excluding hydrogens is 234 g/mol. The number of carbonyl (C=O) groups excluding carboxylic acids is 3. The van der Waals surface area contributed by atoms with Crippen LogP contribution in [0.15, 0.2) is 18.3 Å². The second kappa shape index (κ2) is 4.95. The maximum absolute atomic E-state index is 11.8. The summed E-state index contributed by atoms with van der Waals surface area (Å²) in [5.41, 5.74) is 1.21. The predicted molar refractivity (Wildman–Crippen MR) is 62.6 cm³/mol. The molecule has 0 bridgehead atoms. The van der Waals surface area contributed by atoms with Gasteiger partial charge in [-0.2, -0.15) is 0 Å². The summed E-state index contributed by atoms with van der Waals surface area (Å²) in [6.07, 6.45) is 2.02. The van der Waals surface area contributed by atoms with E-state index in [1.54, 1.807) is 12.1 Å². The van der Waals surface area contributed by atoms with Crippen molar-refractivity contribution in [1.82, 2.24) is 15.6 Å². The van der Waals surface area contributed by atoms with Crippen LogP contribution in [0.3, 0.4) is 0 Å². The molecule has 18 heavy (non-hydrogen) atoms. The molecule has 1 saturated heterocycles. The molecule has 0 unspecified atom stereocenters. The molecule has 6 heteroatoms. The lowest BCUT2D eigenvalue weighted by molar-refractivity contribution is -0.134. The number of carbonyl (C=O) groups is 3. The molecule has 1 aromatic heterocycles. The van der Waals surface area contributed by atoms with Gasteiger partial charge in [0, 0.05) is 18.3 Å². The molecule has 0 aliphatic carbocycles. The topological polar surface area (TPSA) is 88.2 Å². The quantitative estimate of drug-likeness (QED) is 0.716. The molecule has 0 spiro atoms. The Kier molecular flexibility index (Phi) is 3.36. The van der Waals surface area contributed by atoms with E-state index >= 15 is 0 Å². The number of hydrogen-bond acceptors (Lipinski definition) is 4. The largest absolute Gasteiger partial charge is 0.340 e. The SMILES string of the molecule is Cc1ccc(C(=O)N[C@@H]2CCC(=O)NC2=O)cn1. The van der Waals surface area contributed by atoms with Crippen molar-refractivity contribution in [3.8, 4) is 0 Å². The van der Waals surface area contributed by atoms with Gasteiger partial charge < -0.3 is 5.32 Å². The van der Waals surface area contributed by atoms with Gasteiger partial charge in [0.15, 0.2) is 0 Å². The molecule has 0 saturated carbocycles. The molecule has 1 fully saturated rings. The van der Waals surface area contributed by atoms with Crippen molar-refractivity contribution in [2.24, 2.45) is 0 Å². The second-order valence-electron chi connectivity index (χ2n) is 4.17. The van der Waals surface area contributed by atoms with Gasteiger partial charge in [-0.1, -0.05) is 0 Å². The zero-order valence-corrected chi connectivity index (χ0v) is 9.90. The van der Waals surface area contributed by atoms with Crippen LogP contribution in [-0.2, 0) is 9.59 Å². The third-order valence-corrected chi connectivity index (χ3v) is 2.72. The highest BCUT2D eigenvalue weighted by atomic mass is 16.2. The molecule has 2 N–H and O–H groups in total. The van der Waals surface area contributed by atoms with E-state index in [0.717, 1.165) is 5.69 Å². The van der Waals surface area contributed by atoms with Crippen LogP contribution < -0.4 is 10.6 Å². The van der Waals surface area contributed by atoms with Gasteiger partial charge in [0.2, 0.25) is 11.8 Å². The minimum Gasteiger partial charge on any atom is -0.340 e. The summed E-state index contributed by atoms with van der Waals surface area (Å²) >= 11 is 0. The first-order valence-corrected chi connectivity index (χ1v) is 5.63. The fraction of sp³-hybridized carbons (Fsp3) is 0.333. The van der Waals surface area contributed by atoms with E-state index in [9.17, 15) is 14.4 Å².